The number of benzene rings is 1. The van der Waals surface area contributed by atoms with E-state index >= 15 is 0 Å². The first kappa shape index (κ1) is 17.4. The van der Waals surface area contributed by atoms with Crippen molar-refractivity contribution in [2.75, 3.05) is 18.0 Å². The number of aromatic carboxylic acids is 1. The zero-order valence-electron chi connectivity index (χ0n) is 14.6. The molecule has 2 N–H and O–H groups in total. The number of piperidine rings is 1. The lowest BCUT2D eigenvalue weighted by molar-refractivity contribution is 0.0697. The number of pyridine rings is 1. The Kier molecular flexibility index (Phi) is 5.66. The molecular formula is C20H25N3O2. The number of carboxylic acid groups (broad SMARTS) is 1. The van der Waals surface area contributed by atoms with E-state index in [1.54, 1.807) is 12.1 Å². The highest BCUT2D eigenvalue weighted by Crippen LogP contribution is 2.21. The minimum Gasteiger partial charge on any atom is -0.478 e. The fraction of sp³-hybridized carbons (Fsp3) is 0.400. The largest absolute Gasteiger partial charge is 0.478 e. The van der Waals surface area contributed by atoms with Gasteiger partial charge in [-0.3, -0.25) is 0 Å². The minimum absolute atomic E-state index is 0.315. The molecule has 0 bridgehead atoms. The Labute approximate surface area is 148 Å². The fourth-order valence-electron chi connectivity index (χ4n) is 3.06. The van der Waals surface area contributed by atoms with Crippen molar-refractivity contribution in [3.8, 4) is 0 Å². The molecule has 0 unspecified atom stereocenters. The number of nitrogens with one attached hydrogen (secondary N) is 1. The van der Waals surface area contributed by atoms with E-state index in [1.807, 2.05) is 18.3 Å². The van der Waals surface area contributed by atoms with Crippen LogP contribution in [0, 0.1) is 5.92 Å². The molecule has 0 saturated carbocycles. The molecule has 1 fully saturated rings. The van der Waals surface area contributed by atoms with Crippen molar-refractivity contribution in [1.29, 1.82) is 0 Å². The average Bonchev–Trinajstić information content (AvgIpc) is 2.63. The van der Waals surface area contributed by atoms with Crippen LogP contribution in [0.1, 0.15) is 41.3 Å². The monoisotopic (exact) mass is 339 g/mol. The van der Waals surface area contributed by atoms with Crippen molar-refractivity contribution < 1.29 is 9.90 Å². The summed E-state index contributed by atoms with van der Waals surface area (Å²) in [5.74, 6) is 0.998. The van der Waals surface area contributed by atoms with Crippen LogP contribution in [0.3, 0.4) is 0 Å². The van der Waals surface area contributed by atoms with Crippen LogP contribution in [-0.4, -0.2) is 29.1 Å². The molecule has 0 spiro atoms. The number of hydrogen-bond donors (Lipinski definition) is 2. The van der Waals surface area contributed by atoms with Gasteiger partial charge >= 0.3 is 5.97 Å². The van der Waals surface area contributed by atoms with Gasteiger partial charge in [0.1, 0.15) is 5.82 Å². The molecule has 25 heavy (non-hydrogen) atoms. The molecule has 5 heteroatoms. The first-order chi connectivity index (χ1) is 12.1. The summed E-state index contributed by atoms with van der Waals surface area (Å²) in [5.41, 5.74) is 2.53. The Morgan fingerprint density at radius 3 is 2.36 bits per heavy atom. The summed E-state index contributed by atoms with van der Waals surface area (Å²) >= 11 is 0. The van der Waals surface area contributed by atoms with Crippen molar-refractivity contribution >= 4 is 11.8 Å². The standard InChI is InChI=1S/C20H25N3O2/c1-15-8-10-23(11-9-15)19-7-4-17(14-22-19)13-21-12-16-2-5-18(6-3-16)20(24)25/h2-7,14-15,21H,8-13H2,1H3,(H,24,25). The maximum atomic E-state index is 10.8. The smallest absolute Gasteiger partial charge is 0.335 e. The highest BCUT2D eigenvalue weighted by molar-refractivity contribution is 5.87. The number of anilines is 1. The van der Waals surface area contributed by atoms with E-state index in [0.29, 0.717) is 12.1 Å². The molecule has 0 atom stereocenters. The highest BCUT2D eigenvalue weighted by Gasteiger charge is 2.16. The number of aromatic nitrogens is 1. The lowest BCUT2D eigenvalue weighted by Crippen LogP contribution is -2.33. The van der Waals surface area contributed by atoms with Crippen LogP contribution < -0.4 is 10.2 Å². The van der Waals surface area contributed by atoms with Gasteiger partial charge < -0.3 is 15.3 Å². The second-order valence-corrected chi connectivity index (χ2v) is 6.80. The van der Waals surface area contributed by atoms with Crippen LogP contribution in [0.2, 0.25) is 0 Å². The lowest BCUT2D eigenvalue weighted by atomic mass is 9.99. The van der Waals surface area contributed by atoms with Crippen LogP contribution in [0.5, 0.6) is 0 Å². The molecule has 5 nitrogen and oxygen atoms in total. The number of nitrogens with zero attached hydrogens (tertiary/aromatic N) is 2. The molecular weight excluding hydrogens is 314 g/mol. The second-order valence-electron chi connectivity index (χ2n) is 6.80. The van der Waals surface area contributed by atoms with Gasteiger partial charge in [-0.2, -0.15) is 0 Å². The van der Waals surface area contributed by atoms with Crippen LogP contribution >= 0.6 is 0 Å². The maximum Gasteiger partial charge on any atom is 0.335 e. The summed E-state index contributed by atoms with van der Waals surface area (Å²) in [6, 6.07) is 11.2. The summed E-state index contributed by atoms with van der Waals surface area (Å²) in [5, 5.41) is 12.3. The molecule has 2 heterocycles. The van der Waals surface area contributed by atoms with Gasteiger partial charge in [0.2, 0.25) is 0 Å². The van der Waals surface area contributed by atoms with Crippen LogP contribution in [0.15, 0.2) is 42.6 Å². The van der Waals surface area contributed by atoms with Gasteiger partial charge in [0, 0.05) is 32.4 Å². The molecule has 1 aromatic heterocycles. The van der Waals surface area contributed by atoms with Crippen LogP contribution in [0.4, 0.5) is 5.82 Å². The Morgan fingerprint density at radius 2 is 1.76 bits per heavy atom. The van der Waals surface area contributed by atoms with Crippen LogP contribution in [0.25, 0.3) is 0 Å². The molecule has 1 aliphatic rings. The molecule has 3 rings (SSSR count). The van der Waals surface area contributed by atoms with E-state index in [1.165, 1.54) is 12.8 Å². The Hall–Kier alpha value is -2.40. The van der Waals surface area contributed by atoms with Gasteiger partial charge in [-0.1, -0.05) is 25.1 Å². The van der Waals surface area contributed by atoms with E-state index in [9.17, 15) is 4.79 Å². The molecule has 1 aromatic carbocycles. The number of carbonyl (C=O) groups is 1. The molecule has 0 radical (unpaired) electrons. The third-order valence-corrected chi connectivity index (χ3v) is 4.78. The second kappa shape index (κ2) is 8.12. The van der Waals surface area contributed by atoms with Gasteiger partial charge in [0.25, 0.3) is 0 Å². The third kappa shape index (κ3) is 4.79. The first-order valence-corrected chi connectivity index (χ1v) is 8.84. The summed E-state index contributed by atoms with van der Waals surface area (Å²) in [4.78, 5) is 17.8. The predicted molar refractivity (Wildman–Crippen MR) is 98.8 cm³/mol. The maximum absolute atomic E-state index is 10.8. The fourth-order valence-corrected chi connectivity index (χ4v) is 3.06. The van der Waals surface area contributed by atoms with Crippen molar-refractivity contribution in [1.82, 2.24) is 10.3 Å². The van der Waals surface area contributed by atoms with Crippen molar-refractivity contribution in [2.45, 2.75) is 32.9 Å². The van der Waals surface area contributed by atoms with E-state index < -0.39 is 5.97 Å². The van der Waals surface area contributed by atoms with Gasteiger partial charge in [0.05, 0.1) is 5.56 Å². The normalized spacial score (nSPS) is 15.3. The van der Waals surface area contributed by atoms with Gasteiger partial charge in [-0.25, -0.2) is 9.78 Å². The molecule has 1 aliphatic heterocycles. The average molecular weight is 339 g/mol. The van der Waals surface area contributed by atoms with Crippen LogP contribution in [-0.2, 0) is 13.1 Å². The summed E-state index contributed by atoms with van der Waals surface area (Å²) < 4.78 is 0. The quantitative estimate of drug-likeness (QED) is 0.845. The molecule has 0 amide bonds. The first-order valence-electron chi connectivity index (χ1n) is 8.84. The highest BCUT2D eigenvalue weighted by atomic mass is 16.4. The van der Waals surface area contributed by atoms with E-state index in [-0.39, 0.29) is 0 Å². The van der Waals surface area contributed by atoms with E-state index in [2.05, 4.69) is 34.3 Å². The topological polar surface area (TPSA) is 65.5 Å². The van der Waals surface area contributed by atoms with Crippen molar-refractivity contribution in [3.63, 3.8) is 0 Å². The van der Waals surface area contributed by atoms with Gasteiger partial charge in [0.15, 0.2) is 0 Å². The molecule has 2 aromatic rings. The minimum atomic E-state index is -0.895. The van der Waals surface area contributed by atoms with Gasteiger partial charge in [-0.15, -0.1) is 0 Å². The molecule has 1 saturated heterocycles. The van der Waals surface area contributed by atoms with Gasteiger partial charge in [-0.05, 0) is 48.1 Å². The summed E-state index contributed by atoms with van der Waals surface area (Å²) in [6.45, 7) is 5.95. The summed E-state index contributed by atoms with van der Waals surface area (Å²) in [7, 11) is 0. The number of hydrogen-bond acceptors (Lipinski definition) is 4. The Bertz CT molecular complexity index is 690. The summed E-state index contributed by atoms with van der Waals surface area (Å²) in [6.07, 6.45) is 4.42. The zero-order chi connectivity index (χ0) is 17.6. The number of carboxylic acids is 1. The van der Waals surface area contributed by atoms with Crippen molar-refractivity contribution in [3.05, 3.63) is 59.3 Å². The van der Waals surface area contributed by atoms with E-state index in [0.717, 1.165) is 42.5 Å². The Morgan fingerprint density at radius 1 is 1.12 bits per heavy atom. The SMILES string of the molecule is CC1CCN(c2ccc(CNCc3ccc(C(=O)O)cc3)cn2)CC1. The number of rotatable bonds is 6. The third-order valence-electron chi connectivity index (χ3n) is 4.78. The molecule has 132 valence electrons. The zero-order valence-corrected chi connectivity index (χ0v) is 14.6. The van der Waals surface area contributed by atoms with Crippen molar-refractivity contribution in [2.24, 2.45) is 5.92 Å². The predicted octanol–water partition coefficient (Wildman–Crippen LogP) is 3.31. The molecule has 0 aliphatic carbocycles. The van der Waals surface area contributed by atoms with E-state index in [4.69, 9.17) is 5.11 Å². The lowest BCUT2D eigenvalue weighted by Gasteiger charge is -2.31. The Balaban J connectivity index is 1.47.